The van der Waals surface area contributed by atoms with Crippen LogP contribution in [-0.4, -0.2) is 31.2 Å². The van der Waals surface area contributed by atoms with Crippen molar-refractivity contribution in [2.24, 2.45) is 10.2 Å². The maximum atomic E-state index is 11.4. The van der Waals surface area contributed by atoms with E-state index in [1.54, 1.807) is 13.1 Å². The van der Waals surface area contributed by atoms with Gasteiger partial charge in [-0.3, -0.25) is 0 Å². The lowest BCUT2D eigenvalue weighted by Gasteiger charge is -2.19. The Labute approximate surface area is 220 Å². The average molecular weight is 495 g/mol. The van der Waals surface area contributed by atoms with E-state index in [-0.39, 0.29) is 5.97 Å². The molecule has 6 nitrogen and oxygen atoms in total. The quantitative estimate of drug-likeness (QED) is 0.0921. The molecule has 0 saturated carbocycles. The highest BCUT2D eigenvalue weighted by Gasteiger charge is 2.04. The molecule has 0 bridgehead atoms. The highest BCUT2D eigenvalue weighted by atomic mass is 16.5. The number of nitrogens with zero attached hydrogens (tertiary/aromatic N) is 4. The summed E-state index contributed by atoms with van der Waals surface area (Å²) in [5.41, 5.74) is 5.92. The average Bonchev–Trinajstić information content (AvgIpc) is 2.91. The minimum absolute atomic E-state index is 0.307. The van der Waals surface area contributed by atoms with Crippen LogP contribution in [-0.2, 0) is 9.53 Å². The third-order valence-corrected chi connectivity index (χ3v) is 5.74. The second-order valence-electron chi connectivity index (χ2n) is 8.93. The molecular formula is C31H34N4O2. The Hall–Kier alpha value is -4.24. The van der Waals surface area contributed by atoms with Crippen molar-refractivity contribution in [2.75, 3.05) is 25.1 Å². The van der Waals surface area contributed by atoms with Gasteiger partial charge in [-0.2, -0.15) is 10.2 Å². The topological polar surface area (TPSA) is 67.2 Å². The van der Waals surface area contributed by atoms with Crippen LogP contribution in [0.25, 0.3) is 0 Å². The van der Waals surface area contributed by atoms with Gasteiger partial charge in [0, 0.05) is 36.6 Å². The first-order chi connectivity index (χ1) is 17.9. The third-order valence-electron chi connectivity index (χ3n) is 5.74. The van der Waals surface area contributed by atoms with Gasteiger partial charge in [0.1, 0.15) is 5.69 Å². The molecule has 0 saturated heterocycles. The van der Waals surface area contributed by atoms with Crippen LogP contribution in [0.1, 0.15) is 49.4 Å². The van der Waals surface area contributed by atoms with Crippen LogP contribution in [0.2, 0.25) is 0 Å². The van der Waals surface area contributed by atoms with Crippen LogP contribution < -0.4 is 4.90 Å². The maximum Gasteiger partial charge on any atom is 0.333 e. The molecule has 190 valence electrons. The van der Waals surface area contributed by atoms with E-state index in [0.29, 0.717) is 12.2 Å². The van der Waals surface area contributed by atoms with Crippen LogP contribution in [0.5, 0.6) is 0 Å². The van der Waals surface area contributed by atoms with Gasteiger partial charge in [-0.25, -0.2) is 9.78 Å². The molecule has 0 aliphatic carbocycles. The van der Waals surface area contributed by atoms with Gasteiger partial charge in [-0.05, 0) is 99.2 Å². The second kappa shape index (κ2) is 14.4. The zero-order valence-electron chi connectivity index (χ0n) is 21.9. The number of esters is 1. The van der Waals surface area contributed by atoms with E-state index < -0.39 is 0 Å². The number of aromatic nitrogens is 1. The molecule has 1 aromatic heterocycles. The summed E-state index contributed by atoms with van der Waals surface area (Å²) in [6, 6.07) is 19.6. The normalized spacial score (nSPS) is 10.6. The van der Waals surface area contributed by atoms with Crippen molar-refractivity contribution in [1.82, 2.24) is 4.98 Å². The van der Waals surface area contributed by atoms with Gasteiger partial charge in [0.2, 0.25) is 0 Å². The van der Waals surface area contributed by atoms with Crippen molar-refractivity contribution in [1.29, 1.82) is 0 Å². The number of azo groups is 1. The van der Waals surface area contributed by atoms with Crippen LogP contribution in [0, 0.1) is 18.8 Å². The van der Waals surface area contributed by atoms with Crippen molar-refractivity contribution in [3.8, 4) is 11.8 Å². The number of hydrogen-bond donors (Lipinski definition) is 0. The third kappa shape index (κ3) is 9.38. The fourth-order valence-corrected chi connectivity index (χ4v) is 3.53. The highest BCUT2D eigenvalue weighted by molar-refractivity contribution is 5.86. The Bertz CT molecular complexity index is 1270. The number of unbranched alkanes of at least 4 members (excludes halogenated alkanes) is 3. The van der Waals surface area contributed by atoms with Crippen LogP contribution in [0.3, 0.4) is 0 Å². The second-order valence-corrected chi connectivity index (χ2v) is 8.93. The summed E-state index contributed by atoms with van der Waals surface area (Å²) in [7, 11) is 2.09. The summed E-state index contributed by atoms with van der Waals surface area (Å²) in [6.07, 6.45) is 5.82. The molecule has 37 heavy (non-hydrogen) atoms. The number of pyridine rings is 1. The summed E-state index contributed by atoms with van der Waals surface area (Å²) >= 11 is 0. The molecule has 6 heteroatoms. The lowest BCUT2D eigenvalue weighted by atomic mass is 10.1. The molecule has 1 heterocycles. The largest absolute Gasteiger partial charge is 0.462 e. The number of anilines is 1. The molecule has 3 rings (SSSR count). The lowest BCUT2D eigenvalue weighted by molar-refractivity contribution is -0.139. The summed E-state index contributed by atoms with van der Waals surface area (Å²) in [5, 5.41) is 8.78. The minimum atomic E-state index is -0.307. The summed E-state index contributed by atoms with van der Waals surface area (Å²) in [6.45, 7) is 8.68. The number of hydrogen-bond acceptors (Lipinski definition) is 6. The van der Waals surface area contributed by atoms with Crippen LogP contribution >= 0.6 is 0 Å². The molecule has 0 fully saturated rings. The van der Waals surface area contributed by atoms with Gasteiger partial charge in [0.25, 0.3) is 0 Å². The Kier molecular flexibility index (Phi) is 10.6. The molecule has 0 aliphatic heterocycles. The number of aryl methyl sites for hydroxylation is 1. The van der Waals surface area contributed by atoms with Gasteiger partial charge >= 0.3 is 5.97 Å². The van der Waals surface area contributed by atoms with E-state index >= 15 is 0 Å². The predicted octanol–water partition coefficient (Wildman–Crippen LogP) is 7.32. The predicted molar refractivity (Wildman–Crippen MR) is 150 cm³/mol. The van der Waals surface area contributed by atoms with E-state index in [1.165, 1.54) is 0 Å². The first-order valence-electron chi connectivity index (χ1n) is 12.5. The lowest BCUT2D eigenvalue weighted by Crippen LogP contribution is -2.18. The molecular weight excluding hydrogens is 460 g/mol. The number of ether oxygens (including phenoxy) is 1. The van der Waals surface area contributed by atoms with Gasteiger partial charge in [0.15, 0.2) is 0 Å². The first kappa shape index (κ1) is 27.3. The summed E-state index contributed by atoms with van der Waals surface area (Å²) < 4.78 is 5.12. The molecule has 0 radical (unpaired) electrons. The van der Waals surface area contributed by atoms with Crippen molar-refractivity contribution < 1.29 is 9.53 Å². The van der Waals surface area contributed by atoms with E-state index in [1.807, 2.05) is 55.5 Å². The number of carbonyl (C=O) groups is 1. The number of rotatable bonds is 11. The Morgan fingerprint density at radius 1 is 0.973 bits per heavy atom. The van der Waals surface area contributed by atoms with E-state index in [2.05, 4.69) is 57.7 Å². The first-order valence-corrected chi connectivity index (χ1v) is 12.5. The standard InChI is InChI=1S/C31H34N4O2/c1-24(2)31(36)37-22-10-6-5-9-21-35(4)30-18-16-28(17-19-30)33-34-29-15-13-26(25(3)23-29)12-14-27-11-7-8-20-32-27/h7-8,11,13,15-20,23H,1,5-6,9-10,21-22H2,2-4H3. The van der Waals surface area contributed by atoms with Crippen LogP contribution in [0.15, 0.2) is 89.2 Å². The van der Waals surface area contributed by atoms with Crippen LogP contribution in [0.4, 0.5) is 17.1 Å². The Morgan fingerprint density at radius 3 is 2.41 bits per heavy atom. The van der Waals surface area contributed by atoms with Gasteiger partial charge in [-0.1, -0.05) is 25.0 Å². The Balaban J connectivity index is 1.44. The fourth-order valence-electron chi connectivity index (χ4n) is 3.53. The monoisotopic (exact) mass is 494 g/mol. The summed E-state index contributed by atoms with van der Waals surface area (Å²) in [5.74, 6) is 5.95. The fraction of sp³-hybridized carbons (Fsp3) is 0.290. The Morgan fingerprint density at radius 2 is 1.70 bits per heavy atom. The van der Waals surface area contributed by atoms with Gasteiger partial charge < -0.3 is 9.64 Å². The zero-order valence-corrected chi connectivity index (χ0v) is 21.9. The maximum absolute atomic E-state index is 11.4. The smallest absolute Gasteiger partial charge is 0.333 e. The molecule has 0 atom stereocenters. The molecule has 3 aromatic rings. The molecule has 0 N–H and O–H groups in total. The van der Waals surface area contributed by atoms with Crippen molar-refractivity contribution in [2.45, 2.75) is 39.5 Å². The van der Waals surface area contributed by atoms with E-state index in [9.17, 15) is 4.79 Å². The summed E-state index contributed by atoms with van der Waals surface area (Å²) in [4.78, 5) is 17.8. The molecule has 0 unspecified atom stereocenters. The van der Waals surface area contributed by atoms with Crippen molar-refractivity contribution >= 4 is 23.0 Å². The number of benzene rings is 2. The van der Waals surface area contributed by atoms with Crippen molar-refractivity contribution in [3.05, 3.63) is 95.8 Å². The van der Waals surface area contributed by atoms with E-state index in [4.69, 9.17) is 4.74 Å². The minimum Gasteiger partial charge on any atom is -0.462 e. The van der Waals surface area contributed by atoms with Gasteiger partial charge in [0.05, 0.1) is 18.0 Å². The highest BCUT2D eigenvalue weighted by Crippen LogP contribution is 2.23. The van der Waals surface area contributed by atoms with E-state index in [0.717, 1.165) is 66.1 Å². The molecule has 0 aliphatic rings. The SMILES string of the molecule is C=C(C)C(=O)OCCCCCCN(C)c1ccc(N=Nc2ccc(C#Cc3ccccn3)c(C)c2)cc1. The zero-order chi connectivity index (χ0) is 26.5. The number of carbonyl (C=O) groups excluding carboxylic acids is 1. The van der Waals surface area contributed by atoms with Crippen molar-refractivity contribution in [3.63, 3.8) is 0 Å². The molecule has 0 spiro atoms. The molecule has 2 aromatic carbocycles. The van der Waals surface area contributed by atoms with Gasteiger partial charge in [-0.15, -0.1) is 0 Å². The molecule has 0 amide bonds.